The highest BCUT2D eigenvalue weighted by molar-refractivity contribution is 7.25. The minimum absolute atomic E-state index is 0.194. The lowest BCUT2D eigenvalue weighted by molar-refractivity contribution is -0.137. The molecule has 0 fully saturated rings. The predicted molar refractivity (Wildman–Crippen MR) is 156 cm³/mol. The van der Waals surface area contributed by atoms with Crippen LogP contribution in [0.3, 0.4) is 0 Å². The first-order valence-electron chi connectivity index (χ1n) is 11.6. The first-order valence-corrected chi connectivity index (χ1v) is 14.8. The molecule has 0 unspecified atom stereocenters. The van der Waals surface area contributed by atoms with Crippen LogP contribution in [0.1, 0.15) is 30.5 Å². The van der Waals surface area contributed by atoms with Crippen molar-refractivity contribution in [1.82, 2.24) is 0 Å². The number of hydrogen-bond donors (Lipinski definition) is 4. The normalized spacial score (nSPS) is 11.0. The molecule has 0 aliphatic rings. The van der Waals surface area contributed by atoms with E-state index in [0.29, 0.717) is 11.1 Å². The smallest absolute Gasteiger partial charge is 0.345 e. The first kappa shape index (κ1) is 27.5. The summed E-state index contributed by atoms with van der Waals surface area (Å²) >= 11 is 5.02. The van der Waals surface area contributed by atoms with Crippen LogP contribution >= 0.6 is 45.3 Å². The highest BCUT2D eigenvalue weighted by Gasteiger charge is 2.20. The van der Waals surface area contributed by atoms with Crippen LogP contribution in [0, 0.1) is 0 Å². The van der Waals surface area contributed by atoms with Gasteiger partial charge < -0.3 is 20.4 Å². The Balaban J connectivity index is 1.51. The minimum atomic E-state index is -1.02. The standard InChI is InChI=1S/C28H18O8S4/c29-23(30)11-15-9-21(17-5-7-19(37-17)27(33)34)39-25(15)13-1-2-14(4-3-13)26-16(12-24(31)32)10-22(40-26)18-6-8-20(38-18)28(35)36/h1-10H,11-12H2,(H,29,30)(H,31,32)(H,33,34)(H,35,36). The molecule has 1 aromatic carbocycles. The zero-order chi connectivity index (χ0) is 28.6. The highest BCUT2D eigenvalue weighted by atomic mass is 32.1. The van der Waals surface area contributed by atoms with Crippen LogP contribution in [-0.4, -0.2) is 44.3 Å². The minimum Gasteiger partial charge on any atom is -0.481 e. The van der Waals surface area contributed by atoms with E-state index in [-0.39, 0.29) is 22.6 Å². The fourth-order valence-corrected chi connectivity index (χ4v) is 8.34. The van der Waals surface area contributed by atoms with E-state index in [4.69, 9.17) is 0 Å². The van der Waals surface area contributed by atoms with Crippen molar-refractivity contribution >= 4 is 69.2 Å². The van der Waals surface area contributed by atoms with E-state index in [0.717, 1.165) is 63.1 Å². The van der Waals surface area contributed by atoms with Crippen LogP contribution in [0.15, 0.2) is 60.7 Å². The van der Waals surface area contributed by atoms with Gasteiger partial charge in [0.1, 0.15) is 9.75 Å². The van der Waals surface area contributed by atoms with E-state index in [9.17, 15) is 39.6 Å². The molecule has 0 atom stereocenters. The number of aliphatic carboxylic acids is 2. The van der Waals surface area contributed by atoms with Gasteiger partial charge >= 0.3 is 23.9 Å². The second kappa shape index (κ2) is 11.2. The van der Waals surface area contributed by atoms with Crippen molar-refractivity contribution in [3.8, 4) is 40.4 Å². The Hall–Kier alpha value is -4.10. The van der Waals surface area contributed by atoms with E-state index >= 15 is 0 Å². The van der Waals surface area contributed by atoms with Crippen molar-refractivity contribution in [3.63, 3.8) is 0 Å². The Labute approximate surface area is 242 Å². The lowest BCUT2D eigenvalue weighted by Gasteiger charge is -2.06. The molecule has 0 radical (unpaired) electrons. The number of carboxylic acid groups (broad SMARTS) is 4. The average Bonchev–Trinajstić information content (AvgIpc) is 3.68. The predicted octanol–water partition coefficient (Wildman–Crippen LogP) is 7.25. The summed E-state index contributed by atoms with van der Waals surface area (Å²) in [6.45, 7) is 0. The van der Waals surface area contributed by atoms with Crippen LogP contribution in [0.25, 0.3) is 40.4 Å². The van der Waals surface area contributed by atoms with Gasteiger partial charge in [-0.25, -0.2) is 9.59 Å². The second-order valence-electron chi connectivity index (χ2n) is 8.59. The van der Waals surface area contributed by atoms with Gasteiger partial charge in [-0.2, -0.15) is 0 Å². The average molecular weight is 611 g/mol. The van der Waals surface area contributed by atoms with Crippen LogP contribution in [0.5, 0.6) is 0 Å². The van der Waals surface area contributed by atoms with Crippen LogP contribution < -0.4 is 0 Å². The molecule has 0 amide bonds. The van der Waals surface area contributed by atoms with Crippen LogP contribution in [0.4, 0.5) is 0 Å². The fraction of sp³-hybridized carbons (Fsp3) is 0.0714. The third-order valence-electron chi connectivity index (χ3n) is 5.83. The van der Waals surface area contributed by atoms with Gasteiger partial charge in [0.25, 0.3) is 0 Å². The first-order chi connectivity index (χ1) is 19.1. The molecule has 0 aliphatic heterocycles. The zero-order valence-corrected chi connectivity index (χ0v) is 23.5. The maximum Gasteiger partial charge on any atom is 0.345 e. The van der Waals surface area contributed by atoms with Crippen molar-refractivity contribution in [2.45, 2.75) is 12.8 Å². The molecule has 4 N–H and O–H groups in total. The number of rotatable bonds is 10. The van der Waals surface area contributed by atoms with Crippen LogP contribution in [-0.2, 0) is 22.4 Å². The summed E-state index contributed by atoms with van der Waals surface area (Å²) in [7, 11) is 0. The van der Waals surface area contributed by atoms with Gasteiger partial charge in [0.15, 0.2) is 0 Å². The van der Waals surface area contributed by atoms with Gasteiger partial charge in [-0.1, -0.05) is 24.3 Å². The fourth-order valence-electron chi connectivity index (χ4n) is 4.12. The maximum absolute atomic E-state index is 11.6. The van der Waals surface area contributed by atoms with Crippen molar-refractivity contribution in [3.05, 3.63) is 81.5 Å². The molecule has 0 saturated heterocycles. The number of thiophene rings is 4. The Morgan fingerprint density at radius 1 is 0.500 bits per heavy atom. The molecule has 12 heteroatoms. The molecular weight excluding hydrogens is 593 g/mol. The Morgan fingerprint density at radius 3 is 1.18 bits per heavy atom. The van der Waals surface area contributed by atoms with Gasteiger partial charge in [-0.05, 0) is 58.7 Å². The number of carbonyl (C=O) groups is 4. The quantitative estimate of drug-likeness (QED) is 0.129. The third kappa shape index (κ3) is 5.75. The molecule has 8 nitrogen and oxygen atoms in total. The number of benzene rings is 1. The molecule has 0 bridgehead atoms. The summed E-state index contributed by atoms with van der Waals surface area (Å²) in [6.07, 6.45) is -0.387. The van der Waals surface area contributed by atoms with Crippen molar-refractivity contribution < 1.29 is 39.6 Å². The molecule has 40 heavy (non-hydrogen) atoms. The summed E-state index contributed by atoms with van der Waals surface area (Å²) in [6, 6.07) is 17.4. The van der Waals surface area contributed by atoms with E-state index in [1.165, 1.54) is 34.8 Å². The van der Waals surface area contributed by atoms with Crippen molar-refractivity contribution in [1.29, 1.82) is 0 Å². The Bertz CT molecular complexity index is 1640. The number of aromatic carboxylic acids is 2. The van der Waals surface area contributed by atoms with E-state index < -0.39 is 23.9 Å². The molecule has 4 heterocycles. The Kier molecular flexibility index (Phi) is 7.68. The second-order valence-corrected chi connectivity index (χ2v) is 12.9. The molecular formula is C28H18O8S4. The van der Waals surface area contributed by atoms with Crippen molar-refractivity contribution in [2.75, 3.05) is 0 Å². The van der Waals surface area contributed by atoms with E-state index in [1.54, 1.807) is 24.3 Å². The van der Waals surface area contributed by atoms with Gasteiger partial charge in [0.05, 0.1) is 12.8 Å². The largest absolute Gasteiger partial charge is 0.481 e. The number of hydrogen-bond acceptors (Lipinski definition) is 8. The maximum atomic E-state index is 11.6. The topological polar surface area (TPSA) is 149 Å². The molecule has 0 aliphatic carbocycles. The third-order valence-corrected chi connectivity index (χ3v) is 10.8. The van der Waals surface area contributed by atoms with Crippen LogP contribution in [0.2, 0.25) is 0 Å². The zero-order valence-electron chi connectivity index (χ0n) is 20.2. The Morgan fingerprint density at radius 2 is 0.875 bits per heavy atom. The van der Waals surface area contributed by atoms with Gasteiger partial charge in [-0.3, -0.25) is 9.59 Å². The summed E-state index contributed by atoms with van der Waals surface area (Å²) in [5.74, 6) is -4.00. The molecule has 0 spiro atoms. The lowest BCUT2D eigenvalue weighted by atomic mass is 10.0. The van der Waals surface area contributed by atoms with E-state index in [1.807, 2.05) is 24.3 Å². The summed E-state index contributed by atoms with van der Waals surface area (Å²) in [5.41, 5.74) is 2.80. The monoisotopic (exact) mass is 610 g/mol. The van der Waals surface area contributed by atoms with E-state index in [2.05, 4.69) is 0 Å². The highest BCUT2D eigenvalue weighted by Crippen LogP contribution is 2.44. The number of carboxylic acids is 4. The SMILES string of the molecule is O=C(O)Cc1cc(-c2ccc(C(=O)O)s2)sc1-c1ccc(-c2sc(-c3ccc(C(=O)O)s3)cc2CC(=O)O)cc1. The molecule has 5 rings (SSSR count). The molecule has 202 valence electrons. The van der Waals surface area contributed by atoms with Gasteiger partial charge in [-0.15, -0.1) is 45.3 Å². The summed E-state index contributed by atoms with van der Waals surface area (Å²) in [5, 5.41) is 37.5. The summed E-state index contributed by atoms with van der Waals surface area (Å²) < 4.78 is 0. The molecule has 4 aromatic heterocycles. The molecule has 5 aromatic rings. The van der Waals surface area contributed by atoms with Gasteiger partial charge in [0.2, 0.25) is 0 Å². The summed E-state index contributed by atoms with van der Waals surface area (Å²) in [4.78, 5) is 50.7. The van der Waals surface area contributed by atoms with Crippen molar-refractivity contribution in [2.24, 2.45) is 0 Å². The lowest BCUT2D eigenvalue weighted by Crippen LogP contribution is -2.00. The molecule has 0 saturated carbocycles. The van der Waals surface area contributed by atoms with Gasteiger partial charge in [0, 0.05) is 29.3 Å².